The second-order valence-corrected chi connectivity index (χ2v) is 6.13. The van der Waals surface area contributed by atoms with Gasteiger partial charge in [0.25, 0.3) is 0 Å². The molecule has 1 rings (SSSR count). The molecular formula is C16H22BrNO3. The van der Waals surface area contributed by atoms with Crippen molar-refractivity contribution in [1.29, 1.82) is 0 Å². The van der Waals surface area contributed by atoms with Crippen LogP contribution in [0.2, 0.25) is 0 Å². The lowest BCUT2D eigenvalue weighted by atomic mass is 9.79. The van der Waals surface area contributed by atoms with Gasteiger partial charge in [-0.25, -0.2) is 0 Å². The first kappa shape index (κ1) is 17.7. The smallest absolute Gasteiger partial charge is 0.310 e. The van der Waals surface area contributed by atoms with Crippen molar-refractivity contribution in [1.82, 2.24) is 5.32 Å². The van der Waals surface area contributed by atoms with Crippen molar-refractivity contribution in [2.45, 2.75) is 46.1 Å². The van der Waals surface area contributed by atoms with Crippen molar-refractivity contribution in [2.24, 2.45) is 5.41 Å². The minimum Gasteiger partial charge on any atom is -0.481 e. The number of carboxylic acids is 1. The molecule has 4 nitrogen and oxygen atoms in total. The van der Waals surface area contributed by atoms with Gasteiger partial charge in [-0.3, -0.25) is 9.59 Å². The molecular weight excluding hydrogens is 334 g/mol. The summed E-state index contributed by atoms with van der Waals surface area (Å²) in [6, 6.07) is 7.48. The number of amides is 1. The van der Waals surface area contributed by atoms with Crippen LogP contribution >= 0.6 is 15.9 Å². The van der Waals surface area contributed by atoms with Crippen LogP contribution in [0.3, 0.4) is 0 Å². The van der Waals surface area contributed by atoms with E-state index in [1.54, 1.807) is 0 Å². The number of hydrogen-bond acceptors (Lipinski definition) is 2. The molecule has 0 aliphatic carbocycles. The number of benzene rings is 1. The largest absolute Gasteiger partial charge is 0.481 e. The summed E-state index contributed by atoms with van der Waals surface area (Å²) < 4.78 is 0.924. The third-order valence-electron chi connectivity index (χ3n) is 4.06. The van der Waals surface area contributed by atoms with Gasteiger partial charge < -0.3 is 10.4 Å². The van der Waals surface area contributed by atoms with Crippen LogP contribution in [-0.4, -0.2) is 17.0 Å². The summed E-state index contributed by atoms with van der Waals surface area (Å²) in [7, 11) is 0. The number of carboxylic acid groups (broad SMARTS) is 1. The van der Waals surface area contributed by atoms with Crippen molar-refractivity contribution < 1.29 is 14.7 Å². The zero-order valence-electron chi connectivity index (χ0n) is 12.6. The number of aliphatic carboxylic acids is 1. The van der Waals surface area contributed by atoms with Crippen molar-refractivity contribution in [3.63, 3.8) is 0 Å². The Morgan fingerprint density at radius 1 is 1.29 bits per heavy atom. The molecule has 0 heterocycles. The van der Waals surface area contributed by atoms with Crippen molar-refractivity contribution in [2.75, 3.05) is 0 Å². The van der Waals surface area contributed by atoms with Gasteiger partial charge in [0.2, 0.25) is 5.91 Å². The molecule has 0 aromatic heterocycles. The maximum Gasteiger partial charge on any atom is 0.310 e. The quantitative estimate of drug-likeness (QED) is 0.779. The van der Waals surface area contributed by atoms with Crippen LogP contribution < -0.4 is 5.32 Å². The molecule has 0 saturated heterocycles. The molecule has 0 aliphatic heterocycles. The molecule has 0 fully saturated rings. The van der Waals surface area contributed by atoms with E-state index in [0.717, 1.165) is 10.0 Å². The molecule has 0 spiro atoms. The van der Waals surface area contributed by atoms with Crippen LogP contribution in [0, 0.1) is 5.41 Å². The first-order chi connectivity index (χ1) is 9.86. The highest BCUT2D eigenvalue weighted by atomic mass is 79.9. The second-order valence-electron chi connectivity index (χ2n) is 5.28. The molecule has 21 heavy (non-hydrogen) atoms. The molecule has 1 aromatic rings. The molecule has 116 valence electrons. The Balaban J connectivity index is 2.77. The summed E-state index contributed by atoms with van der Waals surface area (Å²) in [6.07, 6.45) is 0.884. The number of hydrogen-bond donors (Lipinski definition) is 2. The van der Waals surface area contributed by atoms with Gasteiger partial charge in [0.05, 0.1) is 11.5 Å². The monoisotopic (exact) mass is 355 g/mol. The zero-order chi connectivity index (χ0) is 16.0. The molecule has 0 saturated carbocycles. The molecule has 5 heteroatoms. The lowest BCUT2D eigenvalue weighted by Crippen LogP contribution is -2.37. The van der Waals surface area contributed by atoms with E-state index < -0.39 is 11.4 Å². The normalized spacial score (nSPS) is 12.8. The van der Waals surface area contributed by atoms with Gasteiger partial charge in [-0.05, 0) is 31.4 Å². The van der Waals surface area contributed by atoms with Gasteiger partial charge in [0, 0.05) is 10.9 Å². The van der Waals surface area contributed by atoms with E-state index in [1.807, 2.05) is 45.0 Å². The molecule has 1 atom stereocenters. The van der Waals surface area contributed by atoms with Crippen LogP contribution in [-0.2, 0) is 9.59 Å². The van der Waals surface area contributed by atoms with E-state index in [1.165, 1.54) is 0 Å². The Hall–Kier alpha value is -1.36. The number of rotatable bonds is 7. The first-order valence-electron chi connectivity index (χ1n) is 7.13. The number of nitrogens with one attached hydrogen (secondary N) is 1. The SMILES string of the molecule is CCC(CC)(CC(=O)N[C@@H](C)c1ccccc1Br)C(=O)O. The lowest BCUT2D eigenvalue weighted by Gasteiger charge is -2.27. The van der Waals surface area contributed by atoms with Gasteiger partial charge in [-0.2, -0.15) is 0 Å². The topological polar surface area (TPSA) is 66.4 Å². The summed E-state index contributed by atoms with van der Waals surface area (Å²) in [6.45, 7) is 5.50. The molecule has 0 aliphatic rings. The van der Waals surface area contributed by atoms with Crippen LogP contribution in [0.15, 0.2) is 28.7 Å². The summed E-state index contributed by atoms with van der Waals surface area (Å²) in [5.74, 6) is -1.14. The zero-order valence-corrected chi connectivity index (χ0v) is 14.2. The summed E-state index contributed by atoms with van der Waals surface area (Å²) in [4.78, 5) is 23.6. The highest BCUT2D eigenvalue weighted by Gasteiger charge is 2.37. The minimum absolute atomic E-state index is 0.00409. The molecule has 0 radical (unpaired) electrons. The maximum atomic E-state index is 12.2. The van der Waals surface area contributed by atoms with E-state index in [2.05, 4.69) is 21.2 Å². The van der Waals surface area contributed by atoms with E-state index >= 15 is 0 Å². The maximum absolute atomic E-state index is 12.2. The number of carbonyl (C=O) groups is 2. The summed E-state index contributed by atoms with van der Waals surface area (Å²) in [5, 5.41) is 12.3. The Labute approximate surface area is 134 Å². The standard InChI is InChI=1S/C16H22BrNO3/c1-4-16(5-2,15(20)21)10-14(19)18-11(3)12-8-6-7-9-13(12)17/h6-9,11H,4-5,10H2,1-3H3,(H,18,19)(H,20,21)/t11-/m0/s1. The van der Waals surface area contributed by atoms with E-state index in [9.17, 15) is 14.7 Å². The third kappa shape index (κ3) is 4.30. The Bertz CT molecular complexity index is 512. The van der Waals surface area contributed by atoms with E-state index in [4.69, 9.17) is 0 Å². The van der Waals surface area contributed by atoms with Crippen molar-refractivity contribution >= 4 is 27.8 Å². The van der Waals surface area contributed by atoms with Gasteiger partial charge in [0.15, 0.2) is 0 Å². The second kappa shape index (κ2) is 7.59. The highest BCUT2D eigenvalue weighted by molar-refractivity contribution is 9.10. The number of halogens is 1. The Morgan fingerprint density at radius 3 is 2.33 bits per heavy atom. The van der Waals surface area contributed by atoms with Crippen LogP contribution in [0.5, 0.6) is 0 Å². The van der Waals surface area contributed by atoms with Crippen LogP contribution in [0.1, 0.15) is 51.6 Å². The fourth-order valence-electron chi connectivity index (χ4n) is 2.38. The van der Waals surface area contributed by atoms with E-state index in [-0.39, 0.29) is 18.4 Å². The van der Waals surface area contributed by atoms with Gasteiger partial charge in [0.1, 0.15) is 0 Å². The van der Waals surface area contributed by atoms with Gasteiger partial charge in [-0.15, -0.1) is 0 Å². The molecule has 1 amide bonds. The first-order valence-corrected chi connectivity index (χ1v) is 7.92. The summed E-state index contributed by atoms with van der Waals surface area (Å²) >= 11 is 3.45. The predicted molar refractivity (Wildman–Crippen MR) is 86.0 cm³/mol. The fraction of sp³-hybridized carbons (Fsp3) is 0.500. The Kier molecular flexibility index (Phi) is 6.40. The van der Waals surface area contributed by atoms with Crippen molar-refractivity contribution in [3.05, 3.63) is 34.3 Å². The van der Waals surface area contributed by atoms with Gasteiger partial charge >= 0.3 is 5.97 Å². The minimum atomic E-state index is -0.974. The van der Waals surface area contributed by atoms with Gasteiger partial charge in [-0.1, -0.05) is 48.0 Å². The van der Waals surface area contributed by atoms with Crippen molar-refractivity contribution in [3.8, 4) is 0 Å². The Morgan fingerprint density at radius 2 is 1.86 bits per heavy atom. The predicted octanol–water partition coefficient (Wildman–Crippen LogP) is 3.91. The third-order valence-corrected chi connectivity index (χ3v) is 4.78. The molecule has 1 aromatic carbocycles. The van der Waals surface area contributed by atoms with Crippen LogP contribution in [0.4, 0.5) is 0 Å². The summed E-state index contributed by atoms with van der Waals surface area (Å²) in [5.41, 5.74) is -0.00247. The molecule has 0 bridgehead atoms. The van der Waals surface area contributed by atoms with E-state index in [0.29, 0.717) is 12.8 Å². The number of carbonyl (C=O) groups excluding carboxylic acids is 1. The average molecular weight is 356 g/mol. The van der Waals surface area contributed by atoms with Crippen LogP contribution in [0.25, 0.3) is 0 Å². The average Bonchev–Trinajstić information content (AvgIpc) is 2.44. The lowest BCUT2D eigenvalue weighted by molar-refractivity contribution is -0.152. The highest BCUT2D eigenvalue weighted by Crippen LogP contribution is 2.31. The fourth-order valence-corrected chi connectivity index (χ4v) is 3.01. The molecule has 0 unspecified atom stereocenters. The molecule has 2 N–H and O–H groups in total.